The molecule has 1 rings (SSSR count). The molecule has 0 saturated heterocycles. The fourth-order valence-electron chi connectivity index (χ4n) is 0.751. The zero-order valence-corrected chi connectivity index (χ0v) is 7.66. The van der Waals surface area contributed by atoms with Crippen LogP contribution in [0.1, 0.15) is 5.56 Å². The molecule has 0 radical (unpaired) electrons. The molecule has 2 N–H and O–H groups in total. The van der Waals surface area contributed by atoms with Gasteiger partial charge in [-0.2, -0.15) is 8.42 Å². The Bertz CT molecular complexity index is 337. The molecule has 6 heteroatoms. The molecule has 1 aromatic rings. The van der Waals surface area contributed by atoms with E-state index in [0.29, 0.717) is 5.75 Å². The van der Waals surface area contributed by atoms with Gasteiger partial charge in [0.1, 0.15) is 5.75 Å². The molecule has 0 aromatic heterocycles. The first-order chi connectivity index (χ1) is 5.72. The molecule has 0 atom stereocenters. The number of hydrogen-bond acceptors (Lipinski definition) is 3. The van der Waals surface area contributed by atoms with E-state index in [4.69, 9.17) is 0 Å². The van der Waals surface area contributed by atoms with Crippen molar-refractivity contribution in [3.63, 3.8) is 0 Å². The molecule has 0 saturated carbocycles. The van der Waals surface area contributed by atoms with E-state index in [1.54, 1.807) is 30.3 Å². The molecule has 0 aliphatic carbocycles. The predicted molar refractivity (Wildman–Crippen MR) is 58.2 cm³/mol. The molecule has 14 heavy (non-hydrogen) atoms. The van der Waals surface area contributed by atoms with Gasteiger partial charge in [0.05, 0.1) is 0 Å². The Morgan fingerprint density at radius 2 is 1.71 bits per heavy atom. The third kappa shape index (κ3) is 5.41. The Hall–Kier alpha value is -0.330. The Labute approximate surface area is 106 Å². The second-order valence-corrected chi connectivity index (χ2v) is 2.72. The molecule has 0 bridgehead atoms. The van der Waals surface area contributed by atoms with Crippen molar-refractivity contribution in [2.75, 3.05) is 0 Å². The summed E-state index contributed by atoms with van der Waals surface area (Å²) in [6.45, 7) is 3.56. The zero-order chi connectivity index (χ0) is 8.97. The van der Waals surface area contributed by atoms with Gasteiger partial charge in [-0.15, -0.1) is 0 Å². The quantitative estimate of drug-likeness (QED) is 0.571. The molecule has 0 unspecified atom stereocenters. The van der Waals surface area contributed by atoms with Crippen LogP contribution < -0.4 is 4.18 Å². The van der Waals surface area contributed by atoms with Crippen molar-refractivity contribution in [3.05, 3.63) is 36.4 Å². The maximum atomic E-state index is 10.1. The fraction of sp³-hybridized carbons (Fsp3) is 0. The molecule has 0 aliphatic rings. The van der Waals surface area contributed by atoms with Crippen molar-refractivity contribution < 1.29 is 18.1 Å². The van der Waals surface area contributed by atoms with Crippen molar-refractivity contribution in [2.45, 2.75) is 0 Å². The van der Waals surface area contributed by atoms with E-state index in [1.165, 1.54) is 0 Å². The first kappa shape index (κ1) is 16.1. The second kappa shape index (κ2) is 8.02. The molecule has 1 aromatic carbocycles. The average molecular weight is 226 g/mol. The van der Waals surface area contributed by atoms with Crippen LogP contribution in [0, 0.1) is 0 Å². The summed E-state index contributed by atoms with van der Waals surface area (Å²) in [6, 6.07) is 6.59. The van der Waals surface area contributed by atoms with Crippen LogP contribution in [-0.4, -0.2) is 43.5 Å². The van der Waals surface area contributed by atoms with E-state index >= 15 is 0 Å². The van der Waals surface area contributed by atoms with Crippen molar-refractivity contribution in [3.8, 4) is 5.75 Å². The van der Waals surface area contributed by atoms with E-state index in [-0.39, 0.29) is 35.0 Å². The second-order valence-electron chi connectivity index (χ2n) is 2.09. The first-order valence-electron chi connectivity index (χ1n) is 3.27. The van der Waals surface area contributed by atoms with Gasteiger partial charge in [0.25, 0.3) is 11.0 Å². The summed E-state index contributed by atoms with van der Waals surface area (Å²) in [6.07, 6.45) is 1.67. The standard InChI is InChI=1S/C8H8O3S.Na.H2O.H/c1-2-7-3-5-8(6-4-7)11-12(9)10;;;/h2-6,12H,1H2;;1H2;. The Morgan fingerprint density at radius 1 is 1.21 bits per heavy atom. The average Bonchev–Trinajstić information content (AvgIpc) is 2.05. The summed E-state index contributed by atoms with van der Waals surface area (Å²) >= 11 is 0. The minimum absolute atomic E-state index is 0. The molecule has 0 aliphatic heterocycles. The van der Waals surface area contributed by atoms with Gasteiger partial charge in [-0.3, -0.25) is 0 Å². The van der Waals surface area contributed by atoms with Crippen molar-refractivity contribution in [2.24, 2.45) is 0 Å². The number of thiol groups is 1. The third-order valence-electron chi connectivity index (χ3n) is 1.30. The van der Waals surface area contributed by atoms with Crippen LogP contribution in [0.4, 0.5) is 0 Å². The summed E-state index contributed by atoms with van der Waals surface area (Å²) in [4.78, 5) is 0. The number of hydrogen-bond donors (Lipinski definition) is 1. The van der Waals surface area contributed by atoms with Gasteiger partial charge in [0, 0.05) is 0 Å². The number of rotatable bonds is 3. The Morgan fingerprint density at radius 3 is 2.07 bits per heavy atom. The van der Waals surface area contributed by atoms with Gasteiger partial charge in [0.15, 0.2) is 0 Å². The molecule has 74 valence electrons. The summed E-state index contributed by atoms with van der Waals surface area (Å²) < 4.78 is 24.7. The van der Waals surface area contributed by atoms with E-state index in [1.807, 2.05) is 0 Å². The van der Waals surface area contributed by atoms with Crippen molar-refractivity contribution in [1.29, 1.82) is 0 Å². The maximum absolute atomic E-state index is 10.1. The van der Waals surface area contributed by atoms with Crippen molar-refractivity contribution >= 4 is 46.6 Å². The fourth-order valence-corrected chi connectivity index (χ4v) is 1.04. The zero-order valence-electron chi connectivity index (χ0n) is 6.77. The summed E-state index contributed by atoms with van der Waals surface area (Å²) in [5.74, 6) is 0.316. The topological polar surface area (TPSA) is 74.9 Å². The summed E-state index contributed by atoms with van der Waals surface area (Å²) in [7, 11) is -2.82. The van der Waals surface area contributed by atoms with Crippen molar-refractivity contribution in [1.82, 2.24) is 0 Å². The normalized spacial score (nSPS) is 8.36. The first-order valence-corrected chi connectivity index (χ1v) is 4.37. The van der Waals surface area contributed by atoms with Gasteiger partial charge in [-0.25, -0.2) is 0 Å². The van der Waals surface area contributed by atoms with Gasteiger partial charge < -0.3 is 9.66 Å². The van der Waals surface area contributed by atoms with Gasteiger partial charge in [-0.1, -0.05) is 24.8 Å². The van der Waals surface area contributed by atoms with Crippen LogP contribution in [-0.2, 0) is 11.0 Å². The van der Waals surface area contributed by atoms with Crippen LogP contribution in [0.5, 0.6) is 5.75 Å². The van der Waals surface area contributed by atoms with Crippen LogP contribution in [0.3, 0.4) is 0 Å². The Balaban J connectivity index is 0. The van der Waals surface area contributed by atoms with E-state index in [2.05, 4.69) is 10.8 Å². The van der Waals surface area contributed by atoms with E-state index in [0.717, 1.165) is 5.56 Å². The van der Waals surface area contributed by atoms with Gasteiger partial charge in [-0.05, 0) is 17.7 Å². The molecular weight excluding hydrogens is 215 g/mol. The van der Waals surface area contributed by atoms with E-state index in [9.17, 15) is 8.42 Å². The van der Waals surface area contributed by atoms with Crippen LogP contribution in [0.25, 0.3) is 6.08 Å². The predicted octanol–water partition coefficient (Wildman–Crippen LogP) is -0.238. The van der Waals surface area contributed by atoms with Crippen LogP contribution >= 0.6 is 0 Å². The van der Waals surface area contributed by atoms with Crippen LogP contribution in [0.2, 0.25) is 0 Å². The third-order valence-corrected chi connectivity index (χ3v) is 1.66. The molecule has 4 nitrogen and oxygen atoms in total. The molecule has 0 heterocycles. The van der Waals surface area contributed by atoms with E-state index < -0.39 is 11.0 Å². The summed E-state index contributed by atoms with van der Waals surface area (Å²) in [5.41, 5.74) is 0.920. The van der Waals surface area contributed by atoms with Gasteiger partial charge >= 0.3 is 29.6 Å². The van der Waals surface area contributed by atoms with Gasteiger partial charge in [0.2, 0.25) is 0 Å². The number of benzene rings is 1. The molecular formula is C8H11NaO4S. The Kier molecular flexibility index (Phi) is 9.23. The molecule has 0 fully saturated rings. The van der Waals surface area contributed by atoms with Crippen LogP contribution in [0.15, 0.2) is 30.8 Å². The monoisotopic (exact) mass is 226 g/mol. The SMILES string of the molecule is C=Cc1ccc(O[SH](=O)=O)cc1.O.[NaH]. The summed E-state index contributed by atoms with van der Waals surface area (Å²) in [5, 5.41) is 0. The minimum atomic E-state index is -2.82. The molecule has 0 amide bonds. The molecule has 0 spiro atoms.